The highest BCUT2D eigenvalue weighted by Crippen LogP contribution is 2.71. The van der Waals surface area contributed by atoms with Crippen LogP contribution in [0.2, 0.25) is 0 Å². The summed E-state index contributed by atoms with van der Waals surface area (Å²) in [7, 11) is 0. The minimum absolute atomic E-state index is 0.0358. The maximum atomic E-state index is 13.1. The van der Waals surface area contributed by atoms with E-state index in [1.807, 2.05) is 6.92 Å². The zero-order chi connectivity index (χ0) is 28.2. The predicted molar refractivity (Wildman–Crippen MR) is 136 cm³/mol. The summed E-state index contributed by atoms with van der Waals surface area (Å²) in [5.74, 6) is -1.38. The van der Waals surface area contributed by atoms with E-state index in [4.69, 9.17) is 23.7 Å². The Hall–Kier alpha value is -2.63. The summed E-state index contributed by atoms with van der Waals surface area (Å²) in [6.07, 6.45) is 4.92. The summed E-state index contributed by atoms with van der Waals surface area (Å²) in [4.78, 5) is 39.0. The number of cyclic esters (lactones) is 1. The number of carbonyl (C=O) groups is 3. The number of epoxide rings is 1. The molecule has 2 spiro atoms. The molecule has 0 radical (unpaired) electrons. The molecule has 2 saturated heterocycles. The van der Waals surface area contributed by atoms with Crippen molar-refractivity contribution in [2.75, 3.05) is 19.8 Å². The largest absolute Gasteiger partial charge is 0.462 e. The van der Waals surface area contributed by atoms with Gasteiger partial charge in [0.25, 0.3) is 0 Å². The molecular weight excluding hydrogens is 508 g/mol. The van der Waals surface area contributed by atoms with Crippen LogP contribution in [0, 0.1) is 10.8 Å². The number of ketones is 1. The Morgan fingerprint density at radius 2 is 1.82 bits per heavy atom. The van der Waals surface area contributed by atoms with Crippen molar-refractivity contribution in [2.45, 2.75) is 82.8 Å². The first-order chi connectivity index (χ1) is 18.4. The van der Waals surface area contributed by atoms with Crippen LogP contribution >= 0.6 is 0 Å². The first-order valence-corrected chi connectivity index (χ1v) is 13.3. The van der Waals surface area contributed by atoms with Crippen LogP contribution in [0.4, 0.5) is 0 Å². The van der Waals surface area contributed by atoms with Gasteiger partial charge < -0.3 is 33.9 Å². The summed E-state index contributed by atoms with van der Waals surface area (Å²) in [6.45, 7) is 6.83. The molecule has 10 nitrogen and oxygen atoms in total. The number of esters is 2. The molecule has 3 heterocycles. The van der Waals surface area contributed by atoms with Crippen molar-refractivity contribution in [1.82, 2.24) is 0 Å². The molecule has 5 aliphatic rings. The Bertz CT molecular complexity index is 1160. The maximum Gasteiger partial charge on any atom is 0.331 e. The number of ether oxygens (including phenoxy) is 5. The minimum atomic E-state index is -1.12. The molecule has 0 unspecified atom stereocenters. The molecule has 3 fully saturated rings. The molecular formula is C29H36O10. The minimum Gasteiger partial charge on any atom is -0.462 e. The lowest BCUT2D eigenvalue weighted by molar-refractivity contribution is -0.230. The first kappa shape index (κ1) is 27.9. The molecule has 0 aromatic carbocycles. The second kappa shape index (κ2) is 10.1. The molecule has 2 bridgehead atoms. The molecule has 212 valence electrons. The van der Waals surface area contributed by atoms with Crippen molar-refractivity contribution < 1.29 is 48.3 Å². The Kier molecular flexibility index (Phi) is 7.22. The lowest BCUT2D eigenvalue weighted by atomic mass is 9.51. The molecule has 39 heavy (non-hydrogen) atoms. The van der Waals surface area contributed by atoms with Crippen LogP contribution in [0.25, 0.3) is 0 Å². The zero-order valence-electron chi connectivity index (χ0n) is 22.6. The Morgan fingerprint density at radius 1 is 1.08 bits per heavy atom. The quantitative estimate of drug-likeness (QED) is 0.368. The van der Waals surface area contributed by atoms with Crippen LogP contribution in [0.1, 0.15) is 40.5 Å². The fourth-order valence-electron chi connectivity index (χ4n) is 6.68. The topological polar surface area (TPSA) is 141 Å². The van der Waals surface area contributed by atoms with Gasteiger partial charge in [-0.25, -0.2) is 9.59 Å². The number of allylic oxidation sites excluding steroid dienone is 3. The highest BCUT2D eigenvalue weighted by atomic mass is 16.6. The molecule has 2 aliphatic carbocycles. The third kappa shape index (κ3) is 4.52. The van der Waals surface area contributed by atoms with Crippen LogP contribution in [0.3, 0.4) is 0 Å². The number of hydrogen-bond donors (Lipinski definition) is 2. The molecule has 1 saturated carbocycles. The standard InChI is InChI=1S/C29H36O10/c1-16-9-23-28(12-19(16)31)14-36-26(34)10-17(2)20(32)13-35-21(18(3)30)7-5-6-8-25(33)39-22-11-24(38-23)29(15-37-29)27(22,28)4/h5-10,18,20-24,30,32H,11-15H2,1-4H3/b7-5+,8-6+,17-10+/t18-,20+,21+,22-,23-,24+,27+,28-,29-/m0/s1. The smallest absolute Gasteiger partial charge is 0.331 e. The van der Waals surface area contributed by atoms with Gasteiger partial charge in [0.1, 0.15) is 24.4 Å². The third-order valence-electron chi connectivity index (χ3n) is 9.30. The molecule has 5 rings (SSSR count). The van der Waals surface area contributed by atoms with Crippen LogP contribution in [-0.2, 0) is 38.1 Å². The summed E-state index contributed by atoms with van der Waals surface area (Å²) in [6, 6.07) is 0. The Balaban J connectivity index is 1.55. The van der Waals surface area contributed by atoms with Crippen molar-refractivity contribution >= 4 is 17.7 Å². The molecule has 0 aromatic heterocycles. The molecule has 2 N–H and O–H groups in total. The van der Waals surface area contributed by atoms with Crippen molar-refractivity contribution in [2.24, 2.45) is 10.8 Å². The van der Waals surface area contributed by atoms with Gasteiger partial charge in [-0.1, -0.05) is 25.2 Å². The molecule has 3 aliphatic heterocycles. The van der Waals surface area contributed by atoms with E-state index in [1.165, 1.54) is 25.2 Å². The molecule has 0 amide bonds. The highest BCUT2D eigenvalue weighted by Gasteiger charge is 2.83. The monoisotopic (exact) mass is 544 g/mol. The van der Waals surface area contributed by atoms with Gasteiger partial charge in [0.2, 0.25) is 0 Å². The van der Waals surface area contributed by atoms with E-state index in [1.54, 1.807) is 32.1 Å². The molecule has 9 atom stereocenters. The fraction of sp³-hybridized carbons (Fsp3) is 0.621. The van der Waals surface area contributed by atoms with Crippen molar-refractivity contribution in [3.63, 3.8) is 0 Å². The zero-order valence-corrected chi connectivity index (χ0v) is 22.6. The van der Waals surface area contributed by atoms with E-state index < -0.39 is 58.9 Å². The van der Waals surface area contributed by atoms with E-state index in [0.29, 0.717) is 24.2 Å². The van der Waals surface area contributed by atoms with Gasteiger partial charge in [-0.2, -0.15) is 0 Å². The third-order valence-corrected chi connectivity index (χ3v) is 9.30. The van der Waals surface area contributed by atoms with Crippen LogP contribution in [0.15, 0.2) is 47.6 Å². The van der Waals surface area contributed by atoms with E-state index in [-0.39, 0.29) is 31.5 Å². The second-order valence-corrected chi connectivity index (χ2v) is 11.5. The van der Waals surface area contributed by atoms with Gasteiger partial charge in [-0.3, -0.25) is 4.79 Å². The number of rotatable bonds is 1. The Labute approximate surface area is 227 Å². The first-order valence-electron chi connectivity index (χ1n) is 13.3. The van der Waals surface area contributed by atoms with E-state index in [0.717, 1.165) is 0 Å². The lowest BCUT2D eigenvalue weighted by Crippen LogP contribution is -2.67. The summed E-state index contributed by atoms with van der Waals surface area (Å²) in [5.41, 5.74) is -1.82. The average Bonchev–Trinajstić information content (AvgIpc) is 3.65. The summed E-state index contributed by atoms with van der Waals surface area (Å²) >= 11 is 0. The lowest BCUT2D eigenvalue weighted by Gasteiger charge is -2.57. The molecule has 10 heteroatoms. The summed E-state index contributed by atoms with van der Waals surface area (Å²) < 4.78 is 29.9. The highest BCUT2D eigenvalue weighted by molar-refractivity contribution is 5.96. The second-order valence-electron chi connectivity index (χ2n) is 11.5. The number of Topliss-reactive ketones (excluding diaryl/α,β-unsaturated/α-hetero) is 1. The number of carbonyl (C=O) groups excluding carboxylic acids is 3. The van der Waals surface area contributed by atoms with Gasteiger partial charge in [0.05, 0.1) is 48.5 Å². The maximum absolute atomic E-state index is 13.1. The van der Waals surface area contributed by atoms with E-state index in [2.05, 4.69) is 0 Å². The van der Waals surface area contributed by atoms with Gasteiger partial charge in [0.15, 0.2) is 5.78 Å². The van der Waals surface area contributed by atoms with Gasteiger partial charge in [-0.15, -0.1) is 0 Å². The Morgan fingerprint density at radius 3 is 2.51 bits per heavy atom. The van der Waals surface area contributed by atoms with Crippen LogP contribution < -0.4 is 0 Å². The van der Waals surface area contributed by atoms with Crippen LogP contribution in [0.5, 0.6) is 0 Å². The van der Waals surface area contributed by atoms with E-state index >= 15 is 0 Å². The predicted octanol–water partition coefficient (Wildman–Crippen LogP) is 1.49. The van der Waals surface area contributed by atoms with Crippen molar-refractivity contribution in [3.8, 4) is 0 Å². The summed E-state index contributed by atoms with van der Waals surface area (Å²) in [5, 5.41) is 20.6. The van der Waals surface area contributed by atoms with E-state index in [9.17, 15) is 24.6 Å². The van der Waals surface area contributed by atoms with Crippen molar-refractivity contribution in [3.05, 3.63) is 47.6 Å². The van der Waals surface area contributed by atoms with Crippen molar-refractivity contribution in [1.29, 1.82) is 0 Å². The number of hydrogen-bond acceptors (Lipinski definition) is 10. The average molecular weight is 545 g/mol. The number of aliphatic hydroxyl groups excluding tert-OH is 2. The van der Waals surface area contributed by atoms with Gasteiger partial charge in [-0.05, 0) is 38.0 Å². The fourth-order valence-corrected chi connectivity index (χ4v) is 6.68. The van der Waals surface area contributed by atoms with Crippen LogP contribution in [-0.4, -0.2) is 90.0 Å². The number of aliphatic hydroxyl groups is 2. The molecule has 0 aromatic rings. The van der Waals surface area contributed by atoms with Gasteiger partial charge in [0, 0.05) is 25.0 Å². The SMILES string of the molecule is CC1=C[C@@H]2O[C@@H]3C[C@@H]4OC(=O)/C=C/C=C/[C@H]([C@H](C)O)OC[C@@H](O)/C(C)=C/C(=O)OC[C@]2(CC1=O)[C@]4(C)[C@]31CO1. The van der Waals surface area contributed by atoms with Gasteiger partial charge >= 0.3 is 11.9 Å². The normalized spacial score (nSPS) is 46.4.